The van der Waals surface area contributed by atoms with Crippen molar-refractivity contribution in [3.63, 3.8) is 0 Å². The van der Waals surface area contributed by atoms with Gasteiger partial charge in [0.2, 0.25) is 5.82 Å². The standard InChI is InChI=1S/C15H19N5O4/c1-8-6-9(2)20-15(16-8)18-12(19-20)13(21)17-11(14(22)23)10-4-3-5-24-7-10/h6,10-11H,3-5,7H2,1-2H3,(H,17,21)(H,22,23). The highest BCUT2D eigenvalue weighted by atomic mass is 16.5. The van der Waals surface area contributed by atoms with E-state index in [0.717, 1.165) is 17.8 Å². The molecule has 0 spiro atoms. The lowest BCUT2D eigenvalue weighted by Gasteiger charge is -2.27. The van der Waals surface area contributed by atoms with Crippen molar-refractivity contribution in [2.75, 3.05) is 13.2 Å². The zero-order valence-corrected chi connectivity index (χ0v) is 13.5. The number of carboxylic acid groups (broad SMARTS) is 1. The summed E-state index contributed by atoms with van der Waals surface area (Å²) < 4.78 is 6.78. The van der Waals surface area contributed by atoms with E-state index >= 15 is 0 Å². The molecule has 24 heavy (non-hydrogen) atoms. The number of carboxylic acids is 1. The first-order valence-electron chi connectivity index (χ1n) is 7.78. The van der Waals surface area contributed by atoms with Gasteiger partial charge in [0.1, 0.15) is 6.04 Å². The van der Waals surface area contributed by atoms with E-state index in [1.54, 1.807) is 0 Å². The number of amides is 1. The predicted molar refractivity (Wildman–Crippen MR) is 82.7 cm³/mol. The molecule has 3 heterocycles. The van der Waals surface area contributed by atoms with Crippen LogP contribution in [0.4, 0.5) is 0 Å². The Morgan fingerprint density at radius 3 is 2.88 bits per heavy atom. The number of aryl methyl sites for hydroxylation is 2. The zero-order chi connectivity index (χ0) is 17.3. The predicted octanol–water partition coefficient (Wildman–Crippen LogP) is 0.351. The summed E-state index contributed by atoms with van der Waals surface area (Å²) in [7, 11) is 0. The van der Waals surface area contributed by atoms with Crippen LogP contribution in [0.5, 0.6) is 0 Å². The van der Waals surface area contributed by atoms with Gasteiger partial charge < -0.3 is 15.2 Å². The summed E-state index contributed by atoms with van der Waals surface area (Å²) in [6.07, 6.45) is 1.47. The quantitative estimate of drug-likeness (QED) is 0.828. The van der Waals surface area contributed by atoms with E-state index in [1.807, 2.05) is 19.9 Å². The number of hydrogen-bond donors (Lipinski definition) is 2. The molecule has 0 saturated carbocycles. The molecule has 0 aliphatic carbocycles. The molecule has 3 rings (SSSR count). The van der Waals surface area contributed by atoms with Crippen molar-refractivity contribution < 1.29 is 19.4 Å². The molecule has 2 N–H and O–H groups in total. The highest BCUT2D eigenvalue weighted by molar-refractivity contribution is 5.93. The summed E-state index contributed by atoms with van der Waals surface area (Å²) >= 11 is 0. The van der Waals surface area contributed by atoms with E-state index < -0.39 is 17.9 Å². The zero-order valence-electron chi connectivity index (χ0n) is 13.5. The molecule has 0 radical (unpaired) electrons. The van der Waals surface area contributed by atoms with Gasteiger partial charge in [-0.05, 0) is 32.8 Å². The average Bonchev–Trinajstić information content (AvgIpc) is 2.97. The molecule has 1 aliphatic rings. The highest BCUT2D eigenvalue weighted by Crippen LogP contribution is 2.18. The van der Waals surface area contributed by atoms with Crippen LogP contribution in [0.2, 0.25) is 0 Å². The first kappa shape index (κ1) is 16.3. The normalized spacial score (nSPS) is 19.2. The van der Waals surface area contributed by atoms with Crippen molar-refractivity contribution in [1.29, 1.82) is 0 Å². The molecule has 2 unspecified atom stereocenters. The summed E-state index contributed by atoms with van der Waals surface area (Å²) in [6, 6.07) is 0.795. The molecule has 2 aromatic heterocycles. The second-order valence-corrected chi connectivity index (χ2v) is 5.95. The van der Waals surface area contributed by atoms with Gasteiger partial charge in [-0.3, -0.25) is 4.79 Å². The maximum Gasteiger partial charge on any atom is 0.326 e. The van der Waals surface area contributed by atoms with Crippen LogP contribution in [0.15, 0.2) is 6.07 Å². The molecule has 0 aromatic carbocycles. The van der Waals surface area contributed by atoms with E-state index in [0.29, 0.717) is 25.4 Å². The number of aliphatic carboxylic acids is 1. The van der Waals surface area contributed by atoms with Crippen LogP contribution in [0.25, 0.3) is 5.78 Å². The van der Waals surface area contributed by atoms with Gasteiger partial charge in [0.15, 0.2) is 0 Å². The number of rotatable bonds is 4. The number of ether oxygens (including phenoxy) is 1. The van der Waals surface area contributed by atoms with Gasteiger partial charge in [-0.2, -0.15) is 4.98 Å². The minimum absolute atomic E-state index is 0.0980. The molecule has 2 aromatic rings. The van der Waals surface area contributed by atoms with E-state index in [9.17, 15) is 14.7 Å². The number of carbonyl (C=O) groups is 2. The molecule has 1 amide bonds. The van der Waals surface area contributed by atoms with Crippen LogP contribution in [-0.4, -0.2) is 55.8 Å². The Balaban J connectivity index is 1.82. The number of hydrogen-bond acceptors (Lipinski definition) is 6. The smallest absolute Gasteiger partial charge is 0.326 e. The minimum Gasteiger partial charge on any atom is -0.480 e. The fourth-order valence-electron chi connectivity index (χ4n) is 2.88. The summed E-state index contributed by atoms with van der Waals surface area (Å²) in [5.41, 5.74) is 1.56. The van der Waals surface area contributed by atoms with Crippen LogP contribution in [0.3, 0.4) is 0 Å². The van der Waals surface area contributed by atoms with Crippen molar-refractivity contribution in [2.24, 2.45) is 5.92 Å². The second kappa shape index (κ2) is 6.52. The van der Waals surface area contributed by atoms with E-state index in [4.69, 9.17) is 4.74 Å². The lowest BCUT2D eigenvalue weighted by atomic mass is 9.93. The molecule has 2 atom stereocenters. The lowest BCUT2D eigenvalue weighted by Crippen LogP contribution is -2.48. The maximum absolute atomic E-state index is 12.4. The van der Waals surface area contributed by atoms with Gasteiger partial charge in [0.05, 0.1) is 6.61 Å². The Morgan fingerprint density at radius 2 is 2.21 bits per heavy atom. The Morgan fingerprint density at radius 1 is 1.42 bits per heavy atom. The van der Waals surface area contributed by atoms with Crippen LogP contribution in [0.1, 0.15) is 34.8 Å². The molecular formula is C15H19N5O4. The first-order valence-corrected chi connectivity index (χ1v) is 7.78. The Bertz CT molecular complexity index is 782. The third kappa shape index (κ3) is 3.21. The molecule has 1 aliphatic heterocycles. The highest BCUT2D eigenvalue weighted by Gasteiger charge is 2.32. The fourth-order valence-corrected chi connectivity index (χ4v) is 2.88. The van der Waals surface area contributed by atoms with Crippen molar-refractivity contribution in [1.82, 2.24) is 24.9 Å². The van der Waals surface area contributed by atoms with E-state index in [1.165, 1.54) is 4.52 Å². The summed E-state index contributed by atoms with van der Waals surface area (Å²) in [5.74, 6) is -1.77. The topological polar surface area (TPSA) is 119 Å². The monoisotopic (exact) mass is 333 g/mol. The van der Waals surface area contributed by atoms with Crippen molar-refractivity contribution in [2.45, 2.75) is 32.7 Å². The maximum atomic E-state index is 12.4. The van der Waals surface area contributed by atoms with E-state index in [-0.39, 0.29) is 11.7 Å². The first-order chi connectivity index (χ1) is 11.5. The van der Waals surface area contributed by atoms with Gasteiger partial charge in [0.25, 0.3) is 11.7 Å². The third-order valence-corrected chi connectivity index (χ3v) is 4.04. The third-order valence-electron chi connectivity index (χ3n) is 4.04. The lowest BCUT2D eigenvalue weighted by molar-refractivity contribution is -0.142. The molecule has 128 valence electrons. The average molecular weight is 333 g/mol. The number of carbonyl (C=O) groups excluding carboxylic acids is 1. The number of aromatic nitrogens is 4. The largest absolute Gasteiger partial charge is 0.480 e. The van der Waals surface area contributed by atoms with Crippen LogP contribution in [0, 0.1) is 19.8 Å². The molecule has 1 fully saturated rings. The Labute approximate surface area is 138 Å². The van der Waals surface area contributed by atoms with Crippen LogP contribution >= 0.6 is 0 Å². The van der Waals surface area contributed by atoms with E-state index in [2.05, 4.69) is 20.4 Å². The summed E-state index contributed by atoms with van der Waals surface area (Å²) in [4.78, 5) is 32.2. The molecule has 9 nitrogen and oxygen atoms in total. The van der Waals surface area contributed by atoms with Crippen LogP contribution in [-0.2, 0) is 9.53 Å². The van der Waals surface area contributed by atoms with Crippen molar-refractivity contribution >= 4 is 17.7 Å². The van der Waals surface area contributed by atoms with Gasteiger partial charge in [-0.15, -0.1) is 5.10 Å². The van der Waals surface area contributed by atoms with Crippen molar-refractivity contribution in [3.05, 3.63) is 23.3 Å². The number of nitrogens with zero attached hydrogens (tertiary/aromatic N) is 4. The Kier molecular flexibility index (Phi) is 4.43. The molecule has 9 heteroatoms. The number of nitrogens with one attached hydrogen (secondary N) is 1. The van der Waals surface area contributed by atoms with Gasteiger partial charge in [0, 0.05) is 23.9 Å². The van der Waals surface area contributed by atoms with Crippen LogP contribution < -0.4 is 5.32 Å². The van der Waals surface area contributed by atoms with Crippen molar-refractivity contribution in [3.8, 4) is 0 Å². The summed E-state index contributed by atoms with van der Waals surface area (Å²) in [6.45, 7) is 4.59. The summed E-state index contributed by atoms with van der Waals surface area (Å²) in [5, 5.41) is 16.0. The Hall–Kier alpha value is -2.55. The second-order valence-electron chi connectivity index (χ2n) is 5.95. The SMILES string of the molecule is Cc1cc(C)n2nc(C(=O)NC(C(=O)O)C3CCCOC3)nc2n1. The van der Waals surface area contributed by atoms with Gasteiger partial charge >= 0.3 is 5.97 Å². The molecule has 1 saturated heterocycles. The van der Waals surface area contributed by atoms with Gasteiger partial charge in [-0.25, -0.2) is 14.3 Å². The minimum atomic E-state index is -1.09. The van der Waals surface area contributed by atoms with Gasteiger partial charge in [-0.1, -0.05) is 0 Å². The fraction of sp³-hybridized carbons (Fsp3) is 0.533. The number of fused-ring (bicyclic) bond motifs is 1. The molecule has 0 bridgehead atoms. The molecular weight excluding hydrogens is 314 g/mol.